The molecule has 2 aromatic rings. The first-order chi connectivity index (χ1) is 11.7. The van der Waals surface area contributed by atoms with E-state index in [0.717, 1.165) is 30.1 Å². The Bertz CT molecular complexity index is 771. The zero-order chi connectivity index (χ0) is 16.9. The third-order valence-corrected chi connectivity index (χ3v) is 4.47. The van der Waals surface area contributed by atoms with Crippen LogP contribution in [0.1, 0.15) is 40.8 Å². The van der Waals surface area contributed by atoms with Crippen molar-refractivity contribution >= 4 is 17.4 Å². The van der Waals surface area contributed by atoms with Gasteiger partial charge in [0.25, 0.3) is 11.8 Å². The minimum atomic E-state index is -0.201. The van der Waals surface area contributed by atoms with Crippen molar-refractivity contribution < 1.29 is 9.53 Å². The molecule has 0 radical (unpaired) electrons. The predicted molar refractivity (Wildman–Crippen MR) is 85.6 cm³/mol. The second-order valence-corrected chi connectivity index (χ2v) is 6.15. The van der Waals surface area contributed by atoms with Gasteiger partial charge in [0.05, 0.1) is 12.2 Å². The molecule has 0 bridgehead atoms. The van der Waals surface area contributed by atoms with E-state index in [9.17, 15) is 4.79 Å². The van der Waals surface area contributed by atoms with Crippen LogP contribution in [0.2, 0.25) is 0 Å². The normalized spacial score (nSPS) is 16.8. The molecule has 0 spiro atoms. The molecule has 1 saturated heterocycles. The predicted octanol–water partition coefficient (Wildman–Crippen LogP) is 1.45. The maximum atomic E-state index is 12.6. The maximum Gasteiger partial charge on any atom is 0.267 e. The molecule has 0 aromatic carbocycles. The lowest BCUT2D eigenvalue weighted by molar-refractivity contribution is 0.0774. The average molecular weight is 344 g/mol. The lowest BCUT2D eigenvalue weighted by atomic mass is 10.2. The van der Waals surface area contributed by atoms with Crippen molar-refractivity contribution in [2.45, 2.75) is 32.3 Å². The van der Waals surface area contributed by atoms with Gasteiger partial charge in [0, 0.05) is 25.4 Å². The topological polar surface area (TPSA) is 105 Å². The molecule has 1 aliphatic heterocycles. The molecule has 1 fully saturated rings. The van der Waals surface area contributed by atoms with Crippen molar-refractivity contribution in [1.29, 1.82) is 5.26 Å². The highest BCUT2D eigenvalue weighted by molar-refractivity contribution is 7.08. The number of nitriles is 1. The largest absolute Gasteiger partial charge is 0.470 e. The molecule has 3 heterocycles. The Hall–Kier alpha value is -2.60. The SMILES string of the molecule is CCCc1nnsc1C(=O)N1CC[C@H](Oc2nccnc2C#N)C1. The number of aryl methyl sites for hydroxylation is 1. The van der Waals surface area contributed by atoms with Gasteiger partial charge in [0.15, 0.2) is 0 Å². The summed E-state index contributed by atoms with van der Waals surface area (Å²) in [6, 6.07) is 1.95. The first kappa shape index (κ1) is 16.3. The van der Waals surface area contributed by atoms with Crippen LogP contribution < -0.4 is 4.74 Å². The molecule has 1 atom stereocenters. The Morgan fingerprint density at radius 3 is 3.12 bits per heavy atom. The highest BCUT2D eigenvalue weighted by Crippen LogP contribution is 2.22. The molecular weight excluding hydrogens is 328 g/mol. The number of carbonyl (C=O) groups excluding carboxylic acids is 1. The van der Waals surface area contributed by atoms with E-state index >= 15 is 0 Å². The maximum absolute atomic E-state index is 12.6. The fourth-order valence-corrected chi connectivity index (χ4v) is 3.25. The lowest BCUT2D eigenvalue weighted by Gasteiger charge is -2.16. The van der Waals surface area contributed by atoms with Crippen LogP contribution in [0.25, 0.3) is 0 Å². The monoisotopic (exact) mass is 344 g/mol. The minimum absolute atomic E-state index is 0.0563. The zero-order valence-electron chi connectivity index (χ0n) is 13.2. The summed E-state index contributed by atoms with van der Waals surface area (Å²) in [5, 5.41) is 13.1. The summed E-state index contributed by atoms with van der Waals surface area (Å²) in [7, 11) is 0. The van der Waals surface area contributed by atoms with Gasteiger partial charge < -0.3 is 9.64 Å². The van der Waals surface area contributed by atoms with Crippen LogP contribution in [0.4, 0.5) is 0 Å². The fourth-order valence-electron chi connectivity index (χ4n) is 2.57. The molecule has 124 valence electrons. The van der Waals surface area contributed by atoms with Gasteiger partial charge in [-0.15, -0.1) is 5.10 Å². The number of amides is 1. The number of ether oxygens (including phenoxy) is 1. The summed E-state index contributed by atoms with van der Waals surface area (Å²) < 4.78 is 9.66. The van der Waals surface area contributed by atoms with E-state index in [4.69, 9.17) is 10.00 Å². The van der Waals surface area contributed by atoms with E-state index in [-0.39, 0.29) is 23.6 Å². The van der Waals surface area contributed by atoms with Gasteiger partial charge >= 0.3 is 0 Å². The van der Waals surface area contributed by atoms with Crippen LogP contribution in [0.3, 0.4) is 0 Å². The van der Waals surface area contributed by atoms with Gasteiger partial charge in [-0.3, -0.25) is 4.79 Å². The Balaban J connectivity index is 1.66. The highest BCUT2D eigenvalue weighted by atomic mass is 32.1. The first-order valence-electron chi connectivity index (χ1n) is 7.71. The van der Waals surface area contributed by atoms with Crippen molar-refractivity contribution in [3.8, 4) is 11.9 Å². The van der Waals surface area contributed by atoms with E-state index in [0.29, 0.717) is 24.4 Å². The molecule has 0 unspecified atom stereocenters. The van der Waals surface area contributed by atoms with E-state index in [2.05, 4.69) is 19.6 Å². The van der Waals surface area contributed by atoms with Crippen molar-refractivity contribution in [2.75, 3.05) is 13.1 Å². The molecule has 0 aliphatic carbocycles. The fraction of sp³-hybridized carbons (Fsp3) is 0.467. The van der Waals surface area contributed by atoms with Crippen LogP contribution in [-0.2, 0) is 6.42 Å². The van der Waals surface area contributed by atoms with Crippen molar-refractivity contribution in [1.82, 2.24) is 24.5 Å². The number of nitrogens with zero attached hydrogens (tertiary/aromatic N) is 6. The van der Waals surface area contributed by atoms with E-state index in [1.807, 2.05) is 13.0 Å². The van der Waals surface area contributed by atoms with Gasteiger partial charge in [-0.25, -0.2) is 9.97 Å². The second-order valence-electron chi connectivity index (χ2n) is 5.40. The van der Waals surface area contributed by atoms with Crippen molar-refractivity contribution in [3.05, 3.63) is 28.7 Å². The molecule has 0 saturated carbocycles. The molecular formula is C15H16N6O2S. The van der Waals surface area contributed by atoms with Crippen LogP contribution in [0.15, 0.2) is 12.4 Å². The highest BCUT2D eigenvalue weighted by Gasteiger charge is 2.31. The summed E-state index contributed by atoms with van der Waals surface area (Å²) >= 11 is 1.14. The molecule has 8 nitrogen and oxygen atoms in total. The first-order valence-corrected chi connectivity index (χ1v) is 8.48. The quantitative estimate of drug-likeness (QED) is 0.808. The summed E-state index contributed by atoms with van der Waals surface area (Å²) in [5.74, 6) is 0.157. The van der Waals surface area contributed by atoms with Crippen LogP contribution in [0.5, 0.6) is 5.88 Å². The van der Waals surface area contributed by atoms with Gasteiger partial charge in [-0.2, -0.15) is 5.26 Å². The molecule has 3 rings (SSSR count). The number of rotatable bonds is 5. The van der Waals surface area contributed by atoms with Crippen LogP contribution in [-0.4, -0.2) is 49.6 Å². The summed E-state index contributed by atoms with van der Waals surface area (Å²) in [6.45, 7) is 3.08. The van der Waals surface area contributed by atoms with Gasteiger partial charge in [-0.05, 0) is 18.0 Å². The van der Waals surface area contributed by atoms with Crippen LogP contribution in [0, 0.1) is 11.3 Å². The number of hydrogen-bond acceptors (Lipinski definition) is 8. The Morgan fingerprint density at radius 2 is 2.33 bits per heavy atom. The summed E-state index contributed by atoms with van der Waals surface area (Å²) in [4.78, 5) is 23.0. The molecule has 1 aliphatic rings. The van der Waals surface area contributed by atoms with Crippen LogP contribution >= 0.6 is 11.5 Å². The Morgan fingerprint density at radius 1 is 1.50 bits per heavy atom. The lowest BCUT2D eigenvalue weighted by Crippen LogP contribution is -2.31. The standard InChI is InChI=1S/C15H16N6O2S/c1-2-3-11-13(24-20-19-11)15(22)21-7-4-10(9-21)23-14-12(8-16)17-5-6-18-14/h5-6,10H,2-4,7,9H2,1H3/t10-/m0/s1. The number of likely N-dealkylation sites (tertiary alicyclic amines) is 1. The number of hydrogen-bond donors (Lipinski definition) is 0. The molecule has 24 heavy (non-hydrogen) atoms. The van der Waals surface area contributed by atoms with E-state index in [1.54, 1.807) is 4.90 Å². The van der Waals surface area contributed by atoms with Gasteiger partial charge in [-0.1, -0.05) is 17.8 Å². The van der Waals surface area contributed by atoms with Crippen molar-refractivity contribution in [2.24, 2.45) is 0 Å². The molecule has 2 aromatic heterocycles. The Labute approximate surface area is 143 Å². The minimum Gasteiger partial charge on any atom is -0.470 e. The third-order valence-electron chi connectivity index (χ3n) is 3.72. The van der Waals surface area contributed by atoms with Crippen molar-refractivity contribution in [3.63, 3.8) is 0 Å². The van der Waals surface area contributed by atoms with Gasteiger partial charge in [0.2, 0.25) is 5.69 Å². The number of aromatic nitrogens is 4. The molecule has 0 N–H and O–H groups in total. The third kappa shape index (κ3) is 3.33. The average Bonchev–Trinajstić information content (AvgIpc) is 3.25. The Kier molecular flexibility index (Phi) is 4.96. The smallest absolute Gasteiger partial charge is 0.267 e. The number of carbonyl (C=O) groups is 1. The van der Waals surface area contributed by atoms with E-state index < -0.39 is 0 Å². The van der Waals surface area contributed by atoms with Gasteiger partial charge in [0.1, 0.15) is 17.1 Å². The molecule has 9 heteroatoms. The van der Waals surface area contributed by atoms with E-state index in [1.165, 1.54) is 12.4 Å². The zero-order valence-corrected chi connectivity index (χ0v) is 14.0. The second kappa shape index (κ2) is 7.31. The summed E-state index contributed by atoms with van der Waals surface area (Å²) in [5.41, 5.74) is 0.914. The summed E-state index contributed by atoms with van der Waals surface area (Å²) in [6.07, 6.45) is 5.07. The molecule has 1 amide bonds.